The third-order valence-corrected chi connectivity index (χ3v) is 5.68. The van der Waals surface area contributed by atoms with Gasteiger partial charge in [-0.2, -0.15) is 14.7 Å². The van der Waals surface area contributed by atoms with E-state index >= 15 is 0 Å². The molecule has 9 nitrogen and oxygen atoms in total. The van der Waals surface area contributed by atoms with E-state index in [2.05, 4.69) is 34.4 Å². The molecule has 160 valence electrons. The monoisotopic (exact) mass is 411 g/mol. The zero-order chi connectivity index (χ0) is 21.3. The van der Waals surface area contributed by atoms with Gasteiger partial charge in [-0.05, 0) is 39.7 Å². The van der Waals surface area contributed by atoms with E-state index in [1.165, 1.54) is 12.4 Å². The largest absolute Gasteiger partial charge is 0.619 e. The topological polar surface area (TPSA) is 115 Å². The number of aliphatic hydroxyl groups is 1. The summed E-state index contributed by atoms with van der Waals surface area (Å²) in [4.78, 5) is 14.0. The van der Waals surface area contributed by atoms with Crippen molar-refractivity contribution in [3.63, 3.8) is 0 Å². The molecule has 0 spiro atoms. The fraction of sp³-hybridized carbons (Fsp3) is 0.524. The highest BCUT2D eigenvalue weighted by molar-refractivity contribution is 5.86. The molecule has 0 unspecified atom stereocenters. The average Bonchev–Trinajstić information content (AvgIpc) is 3.12. The van der Waals surface area contributed by atoms with Crippen molar-refractivity contribution in [1.82, 2.24) is 19.5 Å². The highest BCUT2D eigenvalue weighted by Crippen LogP contribution is 2.29. The van der Waals surface area contributed by atoms with Gasteiger partial charge in [0.05, 0.1) is 6.33 Å². The second kappa shape index (κ2) is 8.43. The SMILES string of the molecule is Cc1cc(Nc2nc(N[C@H]3CCCC[C@H]3CO)nc3c2ncn3C(C)C)c[n+]([O-])c1. The lowest BCUT2D eigenvalue weighted by molar-refractivity contribution is -0.605. The van der Waals surface area contributed by atoms with Crippen LogP contribution < -0.4 is 15.4 Å². The van der Waals surface area contributed by atoms with E-state index in [1.54, 1.807) is 6.33 Å². The van der Waals surface area contributed by atoms with Crippen molar-refractivity contribution in [2.75, 3.05) is 17.2 Å². The number of aromatic nitrogens is 5. The van der Waals surface area contributed by atoms with Crippen molar-refractivity contribution < 1.29 is 9.84 Å². The molecule has 3 N–H and O–H groups in total. The first kappa shape index (κ1) is 20.3. The van der Waals surface area contributed by atoms with Crippen molar-refractivity contribution in [3.05, 3.63) is 35.6 Å². The molecule has 0 amide bonds. The second-order valence-corrected chi connectivity index (χ2v) is 8.38. The van der Waals surface area contributed by atoms with E-state index < -0.39 is 0 Å². The molecular weight excluding hydrogens is 382 g/mol. The average molecular weight is 412 g/mol. The normalized spacial score (nSPS) is 19.4. The number of rotatable bonds is 6. The summed E-state index contributed by atoms with van der Waals surface area (Å²) in [7, 11) is 0. The van der Waals surface area contributed by atoms with Crippen molar-refractivity contribution in [2.24, 2.45) is 5.92 Å². The number of fused-ring (bicyclic) bond motifs is 1. The lowest BCUT2D eigenvalue weighted by Crippen LogP contribution is -2.35. The van der Waals surface area contributed by atoms with Gasteiger partial charge in [-0.3, -0.25) is 0 Å². The summed E-state index contributed by atoms with van der Waals surface area (Å²) in [6.45, 7) is 6.18. The fourth-order valence-corrected chi connectivity index (χ4v) is 4.13. The number of pyridine rings is 1. The van der Waals surface area contributed by atoms with Crippen molar-refractivity contribution >= 4 is 28.6 Å². The summed E-state index contributed by atoms with van der Waals surface area (Å²) in [5, 5.41) is 28.3. The van der Waals surface area contributed by atoms with Gasteiger partial charge in [-0.1, -0.05) is 12.8 Å². The minimum absolute atomic E-state index is 0.132. The first-order chi connectivity index (χ1) is 14.4. The minimum Gasteiger partial charge on any atom is -0.619 e. The van der Waals surface area contributed by atoms with Gasteiger partial charge >= 0.3 is 0 Å². The summed E-state index contributed by atoms with van der Waals surface area (Å²) < 4.78 is 2.78. The summed E-state index contributed by atoms with van der Waals surface area (Å²) in [6.07, 6.45) is 8.98. The van der Waals surface area contributed by atoms with Crippen LogP contribution in [0.5, 0.6) is 0 Å². The Morgan fingerprint density at radius 3 is 2.80 bits per heavy atom. The number of nitrogens with zero attached hydrogens (tertiary/aromatic N) is 5. The number of aliphatic hydroxyl groups excluding tert-OH is 1. The Hall–Kier alpha value is -2.94. The van der Waals surface area contributed by atoms with Gasteiger partial charge in [0.25, 0.3) is 0 Å². The van der Waals surface area contributed by atoms with Crippen molar-refractivity contribution in [2.45, 2.75) is 58.5 Å². The van der Waals surface area contributed by atoms with E-state index in [4.69, 9.17) is 4.98 Å². The number of hydrogen-bond acceptors (Lipinski definition) is 7. The second-order valence-electron chi connectivity index (χ2n) is 8.38. The molecule has 2 atom stereocenters. The van der Waals surface area contributed by atoms with Crippen LogP contribution in [0.4, 0.5) is 17.5 Å². The third-order valence-electron chi connectivity index (χ3n) is 5.68. The molecule has 3 aromatic rings. The molecule has 1 fully saturated rings. The van der Waals surface area contributed by atoms with Gasteiger partial charge in [0, 0.05) is 30.2 Å². The minimum atomic E-state index is 0.132. The Morgan fingerprint density at radius 2 is 2.07 bits per heavy atom. The summed E-state index contributed by atoms with van der Waals surface area (Å²) in [5.41, 5.74) is 2.86. The zero-order valence-corrected chi connectivity index (χ0v) is 17.7. The molecule has 0 saturated heterocycles. The predicted molar refractivity (Wildman–Crippen MR) is 116 cm³/mol. The van der Waals surface area contributed by atoms with E-state index in [0.717, 1.165) is 41.6 Å². The quantitative estimate of drug-likeness (QED) is 0.422. The Kier molecular flexibility index (Phi) is 5.72. The Labute approximate surface area is 175 Å². The maximum Gasteiger partial charge on any atom is 0.227 e. The van der Waals surface area contributed by atoms with Crippen LogP contribution in [-0.4, -0.2) is 37.3 Å². The van der Waals surface area contributed by atoms with Gasteiger partial charge in [-0.25, -0.2) is 4.98 Å². The zero-order valence-electron chi connectivity index (χ0n) is 17.7. The smallest absolute Gasteiger partial charge is 0.227 e. The van der Waals surface area contributed by atoms with Crippen LogP contribution in [0.3, 0.4) is 0 Å². The Balaban J connectivity index is 1.74. The number of imidazole rings is 1. The van der Waals surface area contributed by atoms with Gasteiger partial charge in [0.15, 0.2) is 23.2 Å². The first-order valence-electron chi connectivity index (χ1n) is 10.5. The Morgan fingerprint density at radius 1 is 1.27 bits per heavy atom. The molecule has 0 bridgehead atoms. The molecule has 30 heavy (non-hydrogen) atoms. The third kappa shape index (κ3) is 4.16. The fourth-order valence-electron chi connectivity index (χ4n) is 4.13. The number of aryl methyl sites for hydroxylation is 1. The first-order valence-corrected chi connectivity index (χ1v) is 10.5. The molecule has 3 aromatic heterocycles. The summed E-state index contributed by atoms with van der Waals surface area (Å²) in [5.74, 6) is 1.24. The van der Waals surface area contributed by atoms with Crippen molar-refractivity contribution in [3.8, 4) is 0 Å². The van der Waals surface area contributed by atoms with Crippen LogP contribution in [0.2, 0.25) is 0 Å². The van der Waals surface area contributed by atoms with Crippen LogP contribution in [0.25, 0.3) is 11.2 Å². The van der Waals surface area contributed by atoms with Crippen LogP contribution in [-0.2, 0) is 0 Å². The van der Waals surface area contributed by atoms with Gasteiger partial charge in [0.1, 0.15) is 5.69 Å². The molecule has 9 heteroatoms. The van der Waals surface area contributed by atoms with Crippen LogP contribution in [0.1, 0.15) is 51.1 Å². The molecular formula is C21H29N7O2. The van der Waals surface area contributed by atoms with E-state index in [0.29, 0.717) is 23.0 Å². The molecule has 1 saturated carbocycles. The maximum absolute atomic E-state index is 11.8. The summed E-state index contributed by atoms with van der Waals surface area (Å²) in [6, 6.07) is 2.21. The van der Waals surface area contributed by atoms with Gasteiger partial charge in [-0.15, -0.1) is 0 Å². The molecule has 0 radical (unpaired) electrons. The van der Waals surface area contributed by atoms with E-state index in [1.807, 2.05) is 17.6 Å². The Bertz CT molecular complexity index is 1010. The molecule has 1 aliphatic rings. The van der Waals surface area contributed by atoms with Crippen LogP contribution >= 0.6 is 0 Å². The van der Waals surface area contributed by atoms with Gasteiger partial charge < -0.3 is 25.5 Å². The highest BCUT2D eigenvalue weighted by Gasteiger charge is 2.26. The molecule has 4 rings (SSSR count). The summed E-state index contributed by atoms with van der Waals surface area (Å²) >= 11 is 0. The van der Waals surface area contributed by atoms with Crippen molar-refractivity contribution in [1.29, 1.82) is 0 Å². The molecule has 1 aliphatic carbocycles. The highest BCUT2D eigenvalue weighted by atomic mass is 16.5. The number of hydrogen-bond donors (Lipinski definition) is 3. The lowest BCUT2D eigenvalue weighted by atomic mass is 9.85. The van der Waals surface area contributed by atoms with Gasteiger partial charge in [0.2, 0.25) is 12.1 Å². The van der Waals surface area contributed by atoms with Crippen LogP contribution in [0, 0.1) is 18.0 Å². The van der Waals surface area contributed by atoms with Crippen LogP contribution in [0.15, 0.2) is 24.8 Å². The molecule has 0 aromatic carbocycles. The molecule has 0 aliphatic heterocycles. The molecule has 3 heterocycles. The van der Waals surface area contributed by atoms with E-state index in [-0.39, 0.29) is 24.6 Å². The predicted octanol–water partition coefficient (Wildman–Crippen LogP) is 3.06. The lowest BCUT2D eigenvalue weighted by Gasteiger charge is -2.30. The maximum atomic E-state index is 11.8. The standard InChI is InChI=1S/C21H29N7O2/c1-13(2)28-12-22-18-19(23-16-8-14(3)9-27(30)10-16)25-21(26-20(18)28)24-17-7-5-4-6-15(17)11-29/h8-10,12-13,15,17,29H,4-7,11H2,1-3H3,(H2,23,24,25,26)/t15-,17-/m0/s1. The number of anilines is 3. The van der Waals surface area contributed by atoms with E-state index in [9.17, 15) is 10.3 Å². The number of nitrogens with one attached hydrogen (secondary N) is 2.